The van der Waals surface area contributed by atoms with Gasteiger partial charge in [-0.05, 0) is 118 Å². The van der Waals surface area contributed by atoms with E-state index < -0.39 is 0 Å². The molecule has 53 heavy (non-hydrogen) atoms. The molecule has 0 spiro atoms. The Morgan fingerprint density at radius 1 is 0.491 bits per heavy atom. The number of para-hydroxylation sites is 1. The smallest absolute Gasteiger partial charge is 0.0494 e. The van der Waals surface area contributed by atoms with E-state index in [1.165, 1.54) is 72.7 Å². The molecule has 0 saturated carbocycles. The number of fused-ring (bicyclic) bond motifs is 6. The van der Waals surface area contributed by atoms with Crippen molar-refractivity contribution in [2.24, 2.45) is 0 Å². The minimum absolute atomic E-state index is 0.0793. The first-order valence-corrected chi connectivity index (χ1v) is 19.0. The van der Waals surface area contributed by atoms with Crippen LogP contribution in [0, 0.1) is 0 Å². The highest BCUT2D eigenvalue weighted by Gasteiger charge is 2.35. The molecule has 0 fully saturated rings. The van der Waals surface area contributed by atoms with Gasteiger partial charge in [0.15, 0.2) is 0 Å². The summed E-state index contributed by atoms with van der Waals surface area (Å²) in [4.78, 5) is 2.41. The largest absolute Gasteiger partial charge is 0.337 e. The van der Waals surface area contributed by atoms with Crippen LogP contribution in [0.3, 0.4) is 0 Å². The van der Waals surface area contributed by atoms with Gasteiger partial charge in [-0.2, -0.15) is 0 Å². The zero-order valence-corrected chi connectivity index (χ0v) is 30.3. The Kier molecular flexibility index (Phi) is 7.47. The minimum Gasteiger partial charge on any atom is -0.337 e. The van der Waals surface area contributed by atoms with Gasteiger partial charge in [0.2, 0.25) is 0 Å². The zero-order valence-electron chi connectivity index (χ0n) is 30.3. The molecule has 1 aromatic heterocycles. The van der Waals surface area contributed by atoms with Gasteiger partial charge >= 0.3 is 0 Å². The van der Waals surface area contributed by atoms with Crippen LogP contribution in [0.4, 0.5) is 17.1 Å². The normalized spacial score (nSPS) is 15.8. The highest BCUT2D eigenvalue weighted by molar-refractivity contribution is 6.09. The van der Waals surface area contributed by atoms with Gasteiger partial charge in [-0.3, -0.25) is 0 Å². The minimum atomic E-state index is -0.0793. The molecule has 0 bridgehead atoms. The summed E-state index contributed by atoms with van der Waals surface area (Å²) in [5, 5.41) is 2.67. The van der Waals surface area contributed by atoms with Crippen molar-refractivity contribution in [2.45, 2.75) is 44.6 Å². The molecule has 2 heteroatoms. The lowest BCUT2D eigenvalue weighted by atomic mass is 9.82. The van der Waals surface area contributed by atoms with Gasteiger partial charge in [0, 0.05) is 50.3 Å². The van der Waals surface area contributed by atoms with E-state index in [2.05, 4.69) is 199 Å². The molecule has 8 aromatic rings. The Hall–Kier alpha value is -6.12. The Morgan fingerprint density at radius 3 is 1.85 bits per heavy atom. The number of anilines is 3. The molecule has 1 heterocycles. The number of rotatable bonds is 6. The van der Waals surface area contributed by atoms with Gasteiger partial charge in [0.1, 0.15) is 0 Å². The summed E-state index contributed by atoms with van der Waals surface area (Å²) in [6.07, 6.45) is 8.12. The van der Waals surface area contributed by atoms with Crippen LogP contribution in [0.25, 0.3) is 55.2 Å². The first-order chi connectivity index (χ1) is 26.0. The fourth-order valence-corrected chi connectivity index (χ4v) is 9.10. The summed E-state index contributed by atoms with van der Waals surface area (Å²) in [6.45, 7) is 4.71. The van der Waals surface area contributed by atoms with Crippen molar-refractivity contribution < 1.29 is 0 Å². The molecule has 1 unspecified atom stereocenters. The van der Waals surface area contributed by atoms with Crippen LogP contribution in [0.15, 0.2) is 176 Å². The van der Waals surface area contributed by atoms with Crippen molar-refractivity contribution in [1.29, 1.82) is 0 Å². The van der Waals surface area contributed by atoms with Crippen molar-refractivity contribution in [3.8, 4) is 33.4 Å². The Bertz CT molecular complexity index is 2660. The van der Waals surface area contributed by atoms with Gasteiger partial charge in [-0.25, -0.2) is 0 Å². The molecule has 7 aromatic carbocycles. The van der Waals surface area contributed by atoms with E-state index in [0.717, 1.165) is 29.9 Å². The number of hydrogen-bond donors (Lipinski definition) is 0. The fraction of sp³-hybridized carbons (Fsp3) is 0.137. The lowest BCUT2D eigenvalue weighted by molar-refractivity contribution is 0.485. The summed E-state index contributed by atoms with van der Waals surface area (Å²) in [7, 11) is 0. The van der Waals surface area contributed by atoms with Crippen LogP contribution in [-0.4, -0.2) is 4.57 Å². The quantitative estimate of drug-likeness (QED) is 0.159. The highest BCUT2D eigenvalue weighted by atomic mass is 15.1. The van der Waals surface area contributed by atoms with Gasteiger partial charge in [0.25, 0.3) is 0 Å². The summed E-state index contributed by atoms with van der Waals surface area (Å²) < 4.78 is 2.60. The number of aromatic nitrogens is 1. The standard InChI is InChI=1S/C51H42N2/c1-51(2)47-19-11-9-17-43(47)44-31-30-42(34-48(44)51)52(40-26-21-36(22-27-40)35-13-5-3-6-14-35)41-28-23-37(24-29-41)38-25-32-50-46(33-38)45-18-10-12-20-49(45)53(50)39-15-7-4-8-16-39/h3-7,9-14,17-34,39H,8,15-16H2,1-2H3. The van der Waals surface area contributed by atoms with E-state index >= 15 is 0 Å². The first kappa shape index (κ1) is 31.6. The third-order valence-corrected chi connectivity index (χ3v) is 11.8. The monoisotopic (exact) mass is 682 g/mol. The summed E-state index contributed by atoms with van der Waals surface area (Å²) >= 11 is 0. The van der Waals surface area contributed by atoms with Crippen LogP contribution >= 0.6 is 0 Å². The average Bonchev–Trinajstić information content (AvgIpc) is 3.67. The molecule has 256 valence electrons. The van der Waals surface area contributed by atoms with Crippen molar-refractivity contribution in [3.63, 3.8) is 0 Å². The summed E-state index contributed by atoms with van der Waals surface area (Å²) in [6, 6.07) is 61.2. The average molecular weight is 683 g/mol. The van der Waals surface area contributed by atoms with Gasteiger partial charge in [-0.1, -0.05) is 135 Å². The molecular formula is C51H42N2. The van der Waals surface area contributed by atoms with E-state index in [1.807, 2.05) is 0 Å². The number of benzene rings is 7. The molecule has 0 amide bonds. The van der Waals surface area contributed by atoms with Gasteiger partial charge in [-0.15, -0.1) is 0 Å². The molecular weight excluding hydrogens is 641 g/mol. The molecule has 1 atom stereocenters. The third-order valence-electron chi connectivity index (χ3n) is 11.8. The lowest BCUT2D eigenvalue weighted by Gasteiger charge is -2.28. The van der Waals surface area contributed by atoms with Crippen LogP contribution in [0.5, 0.6) is 0 Å². The summed E-state index contributed by atoms with van der Waals surface area (Å²) in [5.74, 6) is 0. The zero-order chi connectivity index (χ0) is 35.5. The van der Waals surface area contributed by atoms with Crippen molar-refractivity contribution >= 4 is 38.9 Å². The second-order valence-electron chi connectivity index (χ2n) is 15.3. The molecule has 2 aliphatic rings. The van der Waals surface area contributed by atoms with Crippen LogP contribution < -0.4 is 4.90 Å². The number of allylic oxidation sites excluding steroid dienone is 2. The Balaban J connectivity index is 1.06. The van der Waals surface area contributed by atoms with Gasteiger partial charge in [0.05, 0.1) is 0 Å². The Labute approximate surface area is 312 Å². The summed E-state index contributed by atoms with van der Waals surface area (Å²) in [5.41, 5.74) is 16.4. The SMILES string of the molecule is CC1(C)c2ccccc2-c2ccc(N(c3ccc(-c4ccccc4)cc3)c3ccc(-c4ccc5c(c4)c4ccccc4n5C4CC=CCC4)cc3)cc21. The first-order valence-electron chi connectivity index (χ1n) is 19.0. The molecule has 0 aliphatic heterocycles. The van der Waals surface area contributed by atoms with Crippen LogP contribution in [0.1, 0.15) is 50.3 Å². The van der Waals surface area contributed by atoms with E-state index in [4.69, 9.17) is 0 Å². The fourth-order valence-electron chi connectivity index (χ4n) is 9.10. The molecule has 2 nitrogen and oxygen atoms in total. The maximum Gasteiger partial charge on any atom is 0.0494 e. The van der Waals surface area contributed by atoms with Crippen LogP contribution in [-0.2, 0) is 5.41 Å². The third kappa shape index (κ3) is 5.24. The van der Waals surface area contributed by atoms with Crippen molar-refractivity contribution in [2.75, 3.05) is 4.90 Å². The molecule has 10 rings (SSSR count). The maximum absolute atomic E-state index is 2.60. The molecule has 0 radical (unpaired) electrons. The molecule has 0 saturated heterocycles. The van der Waals surface area contributed by atoms with Gasteiger partial charge < -0.3 is 9.47 Å². The van der Waals surface area contributed by atoms with E-state index in [0.29, 0.717) is 6.04 Å². The predicted molar refractivity (Wildman–Crippen MR) is 225 cm³/mol. The highest BCUT2D eigenvalue weighted by Crippen LogP contribution is 2.50. The maximum atomic E-state index is 2.60. The lowest BCUT2D eigenvalue weighted by Crippen LogP contribution is -2.16. The number of nitrogens with zero attached hydrogens (tertiary/aromatic N) is 2. The topological polar surface area (TPSA) is 8.17 Å². The van der Waals surface area contributed by atoms with E-state index in [-0.39, 0.29) is 5.41 Å². The van der Waals surface area contributed by atoms with Crippen molar-refractivity contribution in [1.82, 2.24) is 4.57 Å². The molecule has 0 N–H and O–H groups in total. The second kappa shape index (κ2) is 12.5. The second-order valence-corrected chi connectivity index (χ2v) is 15.3. The van der Waals surface area contributed by atoms with Crippen molar-refractivity contribution in [3.05, 3.63) is 187 Å². The van der Waals surface area contributed by atoms with E-state index in [9.17, 15) is 0 Å². The number of hydrogen-bond acceptors (Lipinski definition) is 1. The predicted octanol–water partition coefficient (Wildman–Crippen LogP) is 14.2. The Morgan fingerprint density at radius 2 is 1.09 bits per heavy atom. The van der Waals surface area contributed by atoms with E-state index in [1.54, 1.807) is 0 Å². The van der Waals surface area contributed by atoms with Crippen LogP contribution in [0.2, 0.25) is 0 Å². The molecule has 2 aliphatic carbocycles.